The lowest BCUT2D eigenvalue weighted by Crippen LogP contribution is -2.10. The zero-order chi connectivity index (χ0) is 15.1. The molecule has 2 nitrogen and oxygen atoms in total. The van der Waals surface area contributed by atoms with Crippen LogP contribution in [0.5, 0.6) is 0 Å². The van der Waals surface area contributed by atoms with Crippen LogP contribution in [0, 0.1) is 12.7 Å². The van der Waals surface area contributed by atoms with Crippen LogP contribution < -0.4 is 0 Å². The van der Waals surface area contributed by atoms with Gasteiger partial charge in [-0.2, -0.15) is 0 Å². The lowest BCUT2D eigenvalue weighted by molar-refractivity contribution is 0.617. The average molecular weight is 323 g/mol. The van der Waals surface area contributed by atoms with Crippen molar-refractivity contribution in [3.05, 3.63) is 51.7 Å². The van der Waals surface area contributed by atoms with Gasteiger partial charge in [0.1, 0.15) is 11.6 Å². The van der Waals surface area contributed by atoms with Gasteiger partial charge in [-0.25, -0.2) is 9.37 Å². The van der Waals surface area contributed by atoms with Crippen LogP contribution in [-0.4, -0.2) is 9.55 Å². The molecule has 0 spiro atoms. The van der Waals surface area contributed by atoms with E-state index in [2.05, 4.69) is 27.9 Å². The Kier molecular flexibility index (Phi) is 3.76. The van der Waals surface area contributed by atoms with Gasteiger partial charge < -0.3 is 4.57 Å². The van der Waals surface area contributed by atoms with Crippen molar-refractivity contribution in [1.29, 1.82) is 0 Å². The fourth-order valence-corrected chi connectivity index (χ4v) is 3.51. The molecule has 0 fully saturated rings. The average Bonchev–Trinajstić information content (AvgIpc) is 3.06. The lowest BCUT2D eigenvalue weighted by atomic mass is 10.2. The van der Waals surface area contributed by atoms with Gasteiger partial charge in [0.25, 0.3) is 0 Å². The molecular formula is C16H16ClFN2S. The Morgan fingerprint density at radius 3 is 2.71 bits per heavy atom. The van der Waals surface area contributed by atoms with Crippen LogP contribution in [0.3, 0.4) is 0 Å². The van der Waals surface area contributed by atoms with Crippen LogP contribution in [0.15, 0.2) is 29.6 Å². The van der Waals surface area contributed by atoms with Gasteiger partial charge in [-0.15, -0.1) is 22.9 Å². The number of halogens is 2. The SMILES string of the molecule is Cc1cc2c(cc1F)nc(C(C)Cl)n2C(C)c1cccs1. The molecule has 3 rings (SSSR count). The summed E-state index contributed by atoms with van der Waals surface area (Å²) in [6.45, 7) is 5.78. The largest absolute Gasteiger partial charge is 0.319 e. The minimum atomic E-state index is -0.233. The van der Waals surface area contributed by atoms with Gasteiger partial charge in [0, 0.05) is 10.9 Å². The Morgan fingerprint density at radius 1 is 1.33 bits per heavy atom. The molecule has 0 bridgehead atoms. The first-order valence-electron chi connectivity index (χ1n) is 6.84. The Labute approximate surface area is 132 Å². The Balaban J connectivity index is 2.27. The fourth-order valence-electron chi connectivity index (χ4n) is 2.58. The van der Waals surface area contributed by atoms with Crippen LogP contribution >= 0.6 is 22.9 Å². The molecule has 2 atom stereocenters. The van der Waals surface area contributed by atoms with Gasteiger partial charge in [-0.05, 0) is 43.8 Å². The number of hydrogen-bond donors (Lipinski definition) is 0. The van der Waals surface area contributed by atoms with Gasteiger partial charge in [-0.3, -0.25) is 0 Å². The first-order chi connectivity index (χ1) is 9.99. The summed E-state index contributed by atoms with van der Waals surface area (Å²) in [5.74, 6) is 0.544. The number of nitrogens with zero attached hydrogens (tertiary/aromatic N) is 2. The monoisotopic (exact) mass is 322 g/mol. The van der Waals surface area contributed by atoms with Crippen LogP contribution in [0.2, 0.25) is 0 Å². The summed E-state index contributed by atoms with van der Waals surface area (Å²) in [5.41, 5.74) is 2.21. The van der Waals surface area contributed by atoms with Crippen molar-refractivity contribution in [1.82, 2.24) is 9.55 Å². The number of thiophene rings is 1. The molecule has 2 heterocycles. The molecule has 2 aromatic heterocycles. The summed E-state index contributed by atoms with van der Waals surface area (Å²) >= 11 is 7.99. The van der Waals surface area contributed by atoms with Gasteiger partial charge >= 0.3 is 0 Å². The predicted octanol–water partition coefficient (Wildman–Crippen LogP) is 5.45. The van der Waals surface area contributed by atoms with Crippen LogP contribution in [0.25, 0.3) is 11.0 Å². The minimum Gasteiger partial charge on any atom is -0.319 e. The number of aryl methyl sites for hydroxylation is 1. The molecule has 0 saturated heterocycles. The van der Waals surface area contributed by atoms with E-state index in [1.165, 1.54) is 10.9 Å². The zero-order valence-corrected chi connectivity index (χ0v) is 13.7. The highest BCUT2D eigenvalue weighted by molar-refractivity contribution is 7.10. The molecule has 0 aliphatic rings. The van der Waals surface area contributed by atoms with Crippen molar-refractivity contribution in [3.8, 4) is 0 Å². The molecule has 2 unspecified atom stereocenters. The quantitative estimate of drug-likeness (QED) is 0.586. The molecule has 0 radical (unpaired) electrons. The van der Waals surface area contributed by atoms with E-state index in [0.717, 1.165) is 11.3 Å². The summed E-state index contributed by atoms with van der Waals surface area (Å²) in [6, 6.07) is 7.59. The van der Waals surface area contributed by atoms with E-state index in [4.69, 9.17) is 11.6 Å². The number of alkyl halides is 1. The maximum Gasteiger partial charge on any atom is 0.128 e. The number of aromatic nitrogens is 2. The maximum atomic E-state index is 13.8. The standard InChI is InChI=1S/C16H16ClFN2S/c1-9-7-14-13(8-12(9)18)19-16(10(2)17)20(14)11(3)15-5-4-6-21-15/h4-8,10-11H,1-3H3. The summed E-state index contributed by atoms with van der Waals surface area (Å²) in [5, 5.41) is 1.82. The van der Waals surface area contributed by atoms with Gasteiger partial charge in [0.05, 0.1) is 22.5 Å². The molecule has 3 aromatic rings. The van der Waals surface area contributed by atoms with Crippen molar-refractivity contribution in [3.63, 3.8) is 0 Å². The Hall–Kier alpha value is -1.39. The van der Waals surface area contributed by atoms with E-state index in [-0.39, 0.29) is 17.2 Å². The number of imidazole rings is 1. The summed E-state index contributed by atoms with van der Waals surface area (Å²) in [4.78, 5) is 5.77. The summed E-state index contributed by atoms with van der Waals surface area (Å²) in [6.07, 6.45) is 0. The van der Waals surface area contributed by atoms with E-state index in [1.54, 1.807) is 18.3 Å². The third-order valence-electron chi connectivity index (χ3n) is 3.70. The Morgan fingerprint density at radius 2 is 2.10 bits per heavy atom. The van der Waals surface area contributed by atoms with Crippen LogP contribution in [0.4, 0.5) is 4.39 Å². The second-order valence-electron chi connectivity index (χ2n) is 5.24. The van der Waals surface area contributed by atoms with E-state index >= 15 is 0 Å². The number of fused-ring (bicyclic) bond motifs is 1. The van der Waals surface area contributed by atoms with E-state index in [0.29, 0.717) is 11.1 Å². The molecule has 0 saturated carbocycles. The van der Waals surface area contributed by atoms with Crippen LogP contribution in [-0.2, 0) is 0 Å². The van der Waals surface area contributed by atoms with E-state index in [1.807, 2.05) is 19.1 Å². The number of benzene rings is 1. The van der Waals surface area contributed by atoms with Crippen molar-refractivity contribution in [2.75, 3.05) is 0 Å². The zero-order valence-electron chi connectivity index (χ0n) is 12.1. The number of rotatable bonds is 3. The first-order valence-corrected chi connectivity index (χ1v) is 8.16. The van der Waals surface area contributed by atoms with Crippen molar-refractivity contribution < 1.29 is 4.39 Å². The van der Waals surface area contributed by atoms with E-state index < -0.39 is 0 Å². The van der Waals surface area contributed by atoms with Gasteiger partial charge in [0.2, 0.25) is 0 Å². The highest BCUT2D eigenvalue weighted by atomic mass is 35.5. The highest BCUT2D eigenvalue weighted by Crippen LogP contribution is 2.33. The van der Waals surface area contributed by atoms with E-state index in [9.17, 15) is 4.39 Å². The summed E-state index contributed by atoms with van der Waals surface area (Å²) in [7, 11) is 0. The van der Waals surface area contributed by atoms with Gasteiger partial charge in [0.15, 0.2) is 0 Å². The molecule has 0 aliphatic carbocycles. The fraction of sp³-hybridized carbons (Fsp3) is 0.312. The molecule has 110 valence electrons. The molecule has 0 aliphatic heterocycles. The summed E-state index contributed by atoms with van der Waals surface area (Å²) < 4.78 is 15.9. The third-order valence-corrected chi connectivity index (χ3v) is 4.93. The highest BCUT2D eigenvalue weighted by Gasteiger charge is 2.21. The Bertz CT molecular complexity index is 777. The lowest BCUT2D eigenvalue weighted by Gasteiger charge is -2.17. The second-order valence-corrected chi connectivity index (χ2v) is 6.87. The van der Waals surface area contributed by atoms with Gasteiger partial charge in [-0.1, -0.05) is 6.07 Å². The molecule has 0 N–H and O–H groups in total. The topological polar surface area (TPSA) is 17.8 Å². The first kappa shape index (κ1) is 14.5. The van der Waals surface area contributed by atoms with Crippen molar-refractivity contribution in [2.45, 2.75) is 32.2 Å². The molecule has 21 heavy (non-hydrogen) atoms. The maximum absolute atomic E-state index is 13.8. The minimum absolute atomic E-state index is 0.121. The molecule has 5 heteroatoms. The molecule has 1 aromatic carbocycles. The molecular weight excluding hydrogens is 307 g/mol. The van der Waals surface area contributed by atoms with Crippen LogP contribution in [0.1, 0.15) is 41.5 Å². The smallest absolute Gasteiger partial charge is 0.128 e. The third kappa shape index (κ3) is 2.47. The number of hydrogen-bond acceptors (Lipinski definition) is 2. The predicted molar refractivity (Wildman–Crippen MR) is 86.8 cm³/mol. The van der Waals surface area contributed by atoms with Crippen molar-refractivity contribution in [2.24, 2.45) is 0 Å². The normalized spacial score (nSPS) is 14.5. The second kappa shape index (κ2) is 5.43. The van der Waals surface area contributed by atoms with Crippen molar-refractivity contribution >= 4 is 34.0 Å². The molecule has 0 amide bonds.